The van der Waals surface area contributed by atoms with Crippen LogP contribution in [0.4, 0.5) is 5.82 Å². The molecular formula is C24H42N6O. The minimum absolute atomic E-state index is 0.0131. The summed E-state index contributed by atoms with van der Waals surface area (Å²) in [6.45, 7) is 5.48. The summed E-state index contributed by atoms with van der Waals surface area (Å²) < 4.78 is 0. The number of hydrogen-bond donors (Lipinski definition) is 3. The Labute approximate surface area is 188 Å². The first-order valence-corrected chi connectivity index (χ1v) is 12.1. The SMILES string of the molecule is CCCCCCCCCCNC(=NC)NCc1cccnc1N1CCC(C(N)=O)CC1. The van der Waals surface area contributed by atoms with Crippen LogP contribution in [0.15, 0.2) is 23.3 Å². The van der Waals surface area contributed by atoms with Crippen LogP contribution >= 0.6 is 0 Å². The van der Waals surface area contributed by atoms with Crippen LogP contribution in [0.1, 0.15) is 76.7 Å². The summed E-state index contributed by atoms with van der Waals surface area (Å²) in [7, 11) is 1.81. The minimum atomic E-state index is -0.186. The van der Waals surface area contributed by atoms with Crippen molar-refractivity contribution in [2.75, 3.05) is 31.6 Å². The van der Waals surface area contributed by atoms with E-state index in [1.807, 2.05) is 19.3 Å². The number of aliphatic imine (C=N–C) groups is 1. The molecule has 31 heavy (non-hydrogen) atoms. The number of primary amides is 1. The first-order valence-electron chi connectivity index (χ1n) is 12.1. The van der Waals surface area contributed by atoms with E-state index < -0.39 is 0 Å². The van der Waals surface area contributed by atoms with Gasteiger partial charge >= 0.3 is 0 Å². The normalized spacial score (nSPS) is 15.2. The number of amides is 1. The van der Waals surface area contributed by atoms with Crippen molar-refractivity contribution < 1.29 is 4.79 Å². The van der Waals surface area contributed by atoms with Gasteiger partial charge in [0.2, 0.25) is 5.91 Å². The summed E-state index contributed by atoms with van der Waals surface area (Å²) in [6.07, 6.45) is 14.0. The molecule has 1 aliphatic rings. The number of nitrogens with zero attached hydrogens (tertiary/aromatic N) is 3. The lowest BCUT2D eigenvalue weighted by molar-refractivity contribution is -0.122. The Morgan fingerprint density at radius 1 is 1.13 bits per heavy atom. The average Bonchev–Trinajstić information content (AvgIpc) is 2.80. The van der Waals surface area contributed by atoms with Gasteiger partial charge in [-0.25, -0.2) is 4.98 Å². The summed E-state index contributed by atoms with van der Waals surface area (Å²) in [5.41, 5.74) is 6.60. The predicted octanol–water partition coefficient (Wildman–Crippen LogP) is 3.59. The van der Waals surface area contributed by atoms with Crippen LogP contribution in [0.2, 0.25) is 0 Å². The number of guanidine groups is 1. The molecule has 7 heteroatoms. The highest BCUT2D eigenvalue weighted by Gasteiger charge is 2.24. The van der Waals surface area contributed by atoms with E-state index in [1.165, 1.54) is 51.4 Å². The summed E-state index contributed by atoms with van der Waals surface area (Å²) >= 11 is 0. The number of aromatic nitrogens is 1. The average molecular weight is 431 g/mol. The predicted molar refractivity (Wildman–Crippen MR) is 129 cm³/mol. The zero-order chi connectivity index (χ0) is 22.3. The molecule has 0 unspecified atom stereocenters. The smallest absolute Gasteiger partial charge is 0.220 e. The standard InChI is InChI=1S/C24H42N6O/c1-3-4-5-6-7-8-9-10-15-28-24(26-2)29-19-21-12-11-16-27-23(21)30-17-13-20(14-18-30)22(25)31/h11-12,16,20H,3-10,13-15,17-19H2,1-2H3,(H2,25,31)(H2,26,28,29). The van der Waals surface area contributed by atoms with Crippen LogP contribution in [0.25, 0.3) is 0 Å². The van der Waals surface area contributed by atoms with E-state index in [0.29, 0.717) is 6.54 Å². The molecule has 1 fully saturated rings. The topological polar surface area (TPSA) is 95.6 Å². The first-order chi connectivity index (χ1) is 15.2. The number of unbranched alkanes of at least 4 members (excludes halogenated alkanes) is 7. The second-order valence-corrected chi connectivity index (χ2v) is 8.48. The van der Waals surface area contributed by atoms with Gasteiger partial charge in [-0.3, -0.25) is 9.79 Å². The molecule has 0 saturated carbocycles. The number of nitrogens with one attached hydrogen (secondary N) is 2. The third-order valence-electron chi connectivity index (χ3n) is 6.06. The zero-order valence-electron chi connectivity index (χ0n) is 19.5. The fourth-order valence-corrected chi connectivity index (χ4v) is 4.09. The highest BCUT2D eigenvalue weighted by Crippen LogP contribution is 2.24. The zero-order valence-corrected chi connectivity index (χ0v) is 19.5. The van der Waals surface area contributed by atoms with Crippen molar-refractivity contribution >= 4 is 17.7 Å². The van der Waals surface area contributed by atoms with E-state index in [1.54, 1.807) is 0 Å². The summed E-state index contributed by atoms with van der Waals surface area (Å²) in [6, 6.07) is 4.06. The van der Waals surface area contributed by atoms with Gasteiger partial charge in [-0.1, -0.05) is 57.9 Å². The first kappa shape index (κ1) is 25.0. The van der Waals surface area contributed by atoms with Gasteiger partial charge in [0.1, 0.15) is 5.82 Å². The molecule has 4 N–H and O–H groups in total. The third kappa shape index (κ3) is 9.15. The maximum absolute atomic E-state index is 11.4. The van der Waals surface area contributed by atoms with Crippen molar-refractivity contribution in [3.8, 4) is 0 Å². The van der Waals surface area contributed by atoms with Crippen molar-refractivity contribution in [2.24, 2.45) is 16.6 Å². The molecule has 0 bridgehead atoms. The van der Waals surface area contributed by atoms with Crippen LogP contribution in [-0.2, 0) is 11.3 Å². The number of anilines is 1. The van der Waals surface area contributed by atoms with Crippen molar-refractivity contribution in [2.45, 2.75) is 77.7 Å². The van der Waals surface area contributed by atoms with Gasteiger partial charge < -0.3 is 21.3 Å². The van der Waals surface area contributed by atoms with Crippen LogP contribution in [0.3, 0.4) is 0 Å². The fraction of sp³-hybridized carbons (Fsp3) is 0.708. The molecule has 1 amide bonds. The van der Waals surface area contributed by atoms with E-state index in [2.05, 4.69) is 38.5 Å². The van der Waals surface area contributed by atoms with Gasteiger partial charge in [0.25, 0.3) is 0 Å². The van der Waals surface area contributed by atoms with E-state index >= 15 is 0 Å². The van der Waals surface area contributed by atoms with E-state index in [0.717, 1.165) is 49.8 Å². The highest BCUT2D eigenvalue weighted by atomic mass is 16.1. The Morgan fingerprint density at radius 3 is 2.45 bits per heavy atom. The summed E-state index contributed by atoms with van der Waals surface area (Å²) in [5.74, 6) is 1.61. The van der Waals surface area contributed by atoms with Crippen LogP contribution in [-0.4, -0.2) is 43.5 Å². The lowest BCUT2D eigenvalue weighted by Gasteiger charge is -2.32. The number of carbonyl (C=O) groups is 1. The minimum Gasteiger partial charge on any atom is -0.369 e. The maximum Gasteiger partial charge on any atom is 0.220 e. The van der Waals surface area contributed by atoms with Crippen molar-refractivity contribution in [1.82, 2.24) is 15.6 Å². The molecule has 0 aromatic carbocycles. The second kappa shape index (κ2) is 14.7. The molecule has 1 aromatic heterocycles. The van der Waals surface area contributed by atoms with E-state index in [9.17, 15) is 4.79 Å². The largest absolute Gasteiger partial charge is 0.369 e. The lowest BCUT2D eigenvalue weighted by Crippen LogP contribution is -2.40. The molecule has 1 saturated heterocycles. The molecule has 7 nitrogen and oxygen atoms in total. The Kier molecular flexibility index (Phi) is 11.8. The van der Waals surface area contributed by atoms with Gasteiger partial charge in [-0.15, -0.1) is 0 Å². The third-order valence-corrected chi connectivity index (χ3v) is 6.06. The van der Waals surface area contributed by atoms with Gasteiger partial charge in [0.05, 0.1) is 0 Å². The molecular weight excluding hydrogens is 388 g/mol. The molecule has 0 atom stereocenters. The number of piperidine rings is 1. The van der Waals surface area contributed by atoms with Crippen LogP contribution < -0.4 is 21.3 Å². The Morgan fingerprint density at radius 2 is 1.81 bits per heavy atom. The van der Waals surface area contributed by atoms with Crippen LogP contribution in [0.5, 0.6) is 0 Å². The van der Waals surface area contributed by atoms with E-state index in [4.69, 9.17) is 5.73 Å². The van der Waals surface area contributed by atoms with Crippen LogP contribution in [0, 0.1) is 5.92 Å². The number of carbonyl (C=O) groups excluding carboxylic acids is 1. The Balaban J connectivity index is 1.71. The van der Waals surface area contributed by atoms with Crippen molar-refractivity contribution in [1.29, 1.82) is 0 Å². The molecule has 2 rings (SSSR count). The quantitative estimate of drug-likeness (QED) is 0.252. The maximum atomic E-state index is 11.4. The molecule has 0 radical (unpaired) electrons. The highest BCUT2D eigenvalue weighted by molar-refractivity contribution is 5.79. The van der Waals surface area contributed by atoms with Gasteiger partial charge in [-0.05, 0) is 25.3 Å². The molecule has 1 aromatic rings. The molecule has 2 heterocycles. The van der Waals surface area contributed by atoms with E-state index in [-0.39, 0.29) is 11.8 Å². The second-order valence-electron chi connectivity index (χ2n) is 8.48. The fourth-order valence-electron chi connectivity index (χ4n) is 4.09. The monoisotopic (exact) mass is 430 g/mol. The number of hydrogen-bond acceptors (Lipinski definition) is 4. The van der Waals surface area contributed by atoms with Crippen molar-refractivity contribution in [3.63, 3.8) is 0 Å². The van der Waals surface area contributed by atoms with Crippen molar-refractivity contribution in [3.05, 3.63) is 23.9 Å². The Bertz CT molecular complexity index is 670. The molecule has 0 aliphatic carbocycles. The number of rotatable bonds is 13. The van der Waals surface area contributed by atoms with Gasteiger partial charge in [0.15, 0.2) is 5.96 Å². The summed E-state index contributed by atoms with van der Waals surface area (Å²) in [5, 5.41) is 6.84. The van der Waals surface area contributed by atoms with Gasteiger partial charge in [0, 0.05) is 50.9 Å². The number of pyridine rings is 1. The molecule has 1 aliphatic heterocycles. The molecule has 174 valence electrons. The summed E-state index contributed by atoms with van der Waals surface area (Å²) in [4.78, 5) is 22.6. The van der Waals surface area contributed by atoms with Gasteiger partial charge in [-0.2, -0.15) is 0 Å². The molecule has 0 spiro atoms. The lowest BCUT2D eigenvalue weighted by atomic mass is 9.96. The number of nitrogens with two attached hydrogens (primary N) is 1. The Hall–Kier alpha value is -2.31.